The lowest BCUT2D eigenvalue weighted by atomic mass is 9.93. The van der Waals surface area contributed by atoms with E-state index in [1.165, 1.54) is 23.5 Å². The molecule has 142 valence electrons. The minimum Gasteiger partial charge on any atom is -0.339 e. The molecule has 0 spiro atoms. The van der Waals surface area contributed by atoms with Crippen LogP contribution >= 0.6 is 22.9 Å². The Labute approximate surface area is 169 Å². The van der Waals surface area contributed by atoms with Crippen molar-refractivity contribution in [1.82, 2.24) is 20.1 Å². The first-order chi connectivity index (χ1) is 13.6. The third-order valence-electron chi connectivity index (χ3n) is 4.24. The van der Waals surface area contributed by atoms with Crippen molar-refractivity contribution < 1.29 is 4.39 Å². The van der Waals surface area contributed by atoms with Gasteiger partial charge >= 0.3 is 0 Å². The summed E-state index contributed by atoms with van der Waals surface area (Å²) in [6.07, 6.45) is 3.51. The Morgan fingerprint density at radius 3 is 2.89 bits per heavy atom. The third kappa shape index (κ3) is 3.46. The average Bonchev–Trinajstić information content (AvgIpc) is 3.33. The van der Waals surface area contributed by atoms with Crippen molar-refractivity contribution in [3.63, 3.8) is 0 Å². The van der Waals surface area contributed by atoms with Gasteiger partial charge < -0.3 is 5.32 Å². The molecule has 1 aliphatic rings. The van der Waals surface area contributed by atoms with Crippen LogP contribution < -0.4 is 5.32 Å². The van der Waals surface area contributed by atoms with Crippen molar-refractivity contribution in [3.8, 4) is 0 Å². The molecule has 0 amide bonds. The van der Waals surface area contributed by atoms with E-state index in [4.69, 9.17) is 22.1 Å². The zero-order valence-corrected chi connectivity index (χ0v) is 16.3. The first-order valence-electron chi connectivity index (χ1n) is 8.32. The van der Waals surface area contributed by atoms with Crippen LogP contribution in [0.2, 0.25) is 5.02 Å². The van der Waals surface area contributed by atoms with E-state index in [0.717, 1.165) is 5.57 Å². The molecule has 7 nitrogen and oxygen atoms in total. The van der Waals surface area contributed by atoms with Crippen LogP contribution in [0.25, 0.3) is 5.57 Å². The van der Waals surface area contributed by atoms with Gasteiger partial charge in [-0.3, -0.25) is 9.67 Å². The maximum Gasteiger partial charge on any atom is 0.163 e. The number of halogens is 2. The molecule has 0 bridgehead atoms. The van der Waals surface area contributed by atoms with Gasteiger partial charge in [0, 0.05) is 46.7 Å². The summed E-state index contributed by atoms with van der Waals surface area (Å²) in [6.45, 7) is 0.117. The molecular formula is C18H15ClFN7S. The zero-order valence-electron chi connectivity index (χ0n) is 14.7. The molecule has 0 aliphatic carbocycles. The highest BCUT2D eigenvalue weighted by Gasteiger charge is 2.31. The summed E-state index contributed by atoms with van der Waals surface area (Å²) < 4.78 is 15.3. The van der Waals surface area contributed by atoms with Crippen molar-refractivity contribution in [3.05, 3.63) is 74.8 Å². The van der Waals surface area contributed by atoms with Crippen molar-refractivity contribution in [2.75, 3.05) is 6.54 Å². The van der Waals surface area contributed by atoms with Gasteiger partial charge in [0.25, 0.3) is 0 Å². The Kier molecular flexibility index (Phi) is 5.01. The fourth-order valence-corrected chi connectivity index (χ4v) is 3.91. The second-order valence-corrected chi connectivity index (χ2v) is 7.39. The van der Waals surface area contributed by atoms with Crippen molar-refractivity contribution in [1.29, 1.82) is 5.53 Å². The van der Waals surface area contributed by atoms with E-state index < -0.39 is 11.9 Å². The van der Waals surface area contributed by atoms with Crippen LogP contribution in [0.15, 0.2) is 57.8 Å². The number of hydrogen-bond donors (Lipinski definition) is 2. The number of aryl methyl sites for hydroxylation is 1. The van der Waals surface area contributed by atoms with Gasteiger partial charge in [-0.05, 0) is 18.2 Å². The van der Waals surface area contributed by atoms with Crippen LogP contribution in [-0.4, -0.2) is 27.1 Å². The van der Waals surface area contributed by atoms with E-state index in [1.807, 2.05) is 24.7 Å². The number of nitrogens with zero attached hydrogens (tertiary/aromatic N) is 5. The van der Waals surface area contributed by atoms with Gasteiger partial charge in [0.05, 0.1) is 5.69 Å². The van der Waals surface area contributed by atoms with Crippen molar-refractivity contribution in [2.24, 2.45) is 17.2 Å². The molecule has 28 heavy (non-hydrogen) atoms. The van der Waals surface area contributed by atoms with Crippen molar-refractivity contribution in [2.45, 2.75) is 6.04 Å². The first kappa shape index (κ1) is 18.5. The van der Waals surface area contributed by atoms with Crippen LogP contribution in [0.3, 0.4) is 0 Å². The Morgan fingerprint density at radius 2 is 2.25 bits per heavy atom. The average molecular weight is 416 g/mol. The minimum absolute atomic E-state index is 0.117. The van der Waals surface area contributed by atoms with Crippen LogP contribution in [0.5, 0.6) is 0 Å². The quantitative estimate of drug-likeness (QED) is 0.611. The molecule has 1 aromatic carbocycles. The van der Waals surface area contributed by atoms with E-state index in [-0.39, 0.29) is 11.6 Å². The number of thiazole rings is 1. The number of nitrogens with one attached hydrogen (secondary N) is 2. The van der Waals surface area contributed by atoms with Gasteiger partial charge in [-0.15, -0.1) is 11.3 Å². The number of amidine groups is 1. The summed E-state index contributed by atoms with van der Waals surface area (Å²) in [6, 6.07) is 5.55. The number of aliphatic imine (C=N–C) groups is 1. The van der Waals surface area contributed by atoms with Gasteiger partial charge in [-0.2, -0.15) is 10.2 Å². The van der Waals surface area contributed by atoms with Gasteiger partial charge in [-0.25, -0.2) is 14.9 Å². The van der Waals surface area contributed by atoms with Gasteiger partial charge in [0.15, 0.2) is 10.8 Å². The monoisotopic (exact) mass is 415 g/mol. The topological polar surface area (TPSA) is 91.3 Å². The second-order valence-electron chi connectivity index (χ2n) is 6.09. The van der Waals surface area contributed by atoms with E-state index in [2.05, 4.69) is 20.5 Å². The normalized spacial score (nSPS) is 16.7. The molecule has 0 fully saturated rings. The standard InChI is InChI=1S/C18H15ClFN7S/c1-27-6-4-13(26-27)15-14(9-23-21)24-17(18-22-5-7-28-18)25-16(15)11-3-2-10(20)8-12(11)19/h2-8,16,21H,9H2,1H3,(H,24,25)/t16-/m0/s1. The predicted molar refractivity (Wildman–Crippen MR) is 106 cm³/mol. The molecule has 2 N–H and O–H groups in total. The maximum atomic E-state index is 13.6. The highest BCUT2D eigenvalue weighted by atomic mass is 35.5. The van der Waals surface area contributed by atoms with Crippen LogP contribution in [0, 0.1) is 11.3 Å². The molecule has 2 aromatic heterocycles. The van der Waals surface area contributed by atoms with E-state index in [9.17, 15) is 4.39 Å². The van der Waals surface area contributed by atoms with Gasteiger partial charge in [0.1, 0.15) is 18.4 Å². The number of hydrogen-bond acceptors (Lipinski definition) is 7. The molecule has 0 saturated heterocycles. The molecule has 0 radical (unpaired) electrons. The first-order valence-corrected chi connectivity index (χ1v) is 9.58. The molecule has 10 heteroatoms. The van der Waals surface area contributed by atoms with Crippen LogP contribution in [-0.2, 0) is 7.05 Å². The molecule has 0 saturated carbocycles. The summed E-state index contributed by atoms with van der Waals surface area (Å²) in [7, 11) is 1.82. The fraction of sp³-hybridized carbons (Fsp3) is 0.167. The Bertz CT molecular complexity index is 1090. The van der Waals surface area contributed by atoms with Crippen molar-refractivity contribution >= 4 is 34.3 Å². The minimum atomic E-state index is -0.542. The molecule has 3 aromatic rings. The predicted octanol–water partition coefficient (Wildman–Crippen LogP) is 4.20. The smallest absolute Gasteiger partial charge is 0.163 e. The fourth-order valence-electron chi connectivity index (χ4n) is 3.06. The zero-order chi connectivity index (χ0) is 19.7. The van der Waals surface area contributed by atoms with Crippen LogP contribution in [0.1, 0.15) is 22.3 Å². The highest BCUT2D eigenvalue weighted by molar-refractivity contribution is 7.11. The lowest BCUT2D eigenvalue weighted by Crippen LogP contribution is -2.32. The van der Waals surface area contributed by atoms with E-state index >= 15 is 0 Å². The van der Waals surface area contributed by atoms with E-state index in [0.29, 0.717) is 27.8 Å². The SMILES string of the molecule is Cn1ccc(C2=C(CN=N)NC(c3nccs3)=N[C@H]2c2ccc(F)cc2Cl)n1. The molecule has 3 heterocycles. The molecule has 4 rings (SSSR count). The Morgan fingerprint density at radius 1 is 1.39 bits per heavy atom. The summed E-state index contributed by atoms with van der Waals surface area (Å²) in [5.74, 6) is 0.135. The second kappa shape index (κ2) is 7.61. The number of aromatic nitrogens is 3. The number of rotatable bonds is 5. The Balaban J connectivity index is 1.92. The van der Waals surface area contributed by atoms with Gasteiger partial charge in [-0.1, -0.05) is 17.7 Å². The molecule has 1 atom stereocenters. The summed E-state index contributed by atoms with van der Waals surface area (Å²) in [5.41, 5.74) is 10.1. The summed E-state index contributed by atoms with van der Waals surface area (Å²) in [4.78, 5) is 9.13. The molecular weight excluding hydrogens is 401 g/mol. The van der Waals surface area contributed by atoms with Gasteiger partial charge in [0.2, 0.25) is 0 Å². The summed E-state index contributed by atoms with van der Waals surface area (Å²) >= 11 is 7.80. The summed E-state index contributed by atoms with van der Waals surface area (Å²) in [5, 5.41) is 14.1. The Hall–Kier alpha value is -2.91. The molecule has 1 aliphatic heterocycles. The highest BCUT2D eigenvalue weighted by Crippen LogP contribution is 2.40. The maximum absolute atomic E-state index is 13.6. The van der Waals surface area contributed by atoms with E-state index in [1.54, 1.807) is 16.9 Å². The number of benzene rings is 1. The molecule has 0 unspecified atom stereocenters. The lowest BCUT2D eigenvalue weighted by Gasteiger charge is -2.27. The largest absolute Gasteiger partial charge is 0.339 e. The lowest BCUT2D eigenvalue weighted by molar-refractivity contribution is 0.626. The third-order valence-corrected chi connectivity index (χ3v) is 5.35. The van der Waals surface area contributed by atoms with Crippen LogP contribution in [0.4, 0.5) is 4.39 Å².